The predicted octanol–water partition coefficient (Wildman–Crippen LogP) is 0.534. The summed E-state index contributed by atoms with van der Waals surface area (Å²) in [7, 11) is -10.2. The van der Waals surface area contributed by atoms with Crippen molar-refractivity contribution in [1.29, 1.82) is 0 Å². The molecule has 0 aliphatic heterocycles. The molecule has 0 radical (unpaired) electrons. The van der Waals surface area contributed by atoms with Gasteiger partial charge in [-0.3, -0.25) is 0 Å². The molecule has 0 bridgehead atoms. The van der Waals surface area contributed by atoms with E-state index in [1.54, 1.807) is 0 Å². The second-order valence-electron chi connectivity index (χ2n) is 2.08. The summed E-state index contributed by atoms with van der Waals surface area (Å²) < 4.78 is 28.4. The molecule has 0 aromatic carbocycles. The molecule has 0 aromatic rings. The van der Waals surface area contributed by atoms with E-state index in [9.17, 15) is 9.13 Å². The van der Waals surface area contributed by atoms with Crippen LogP contribution in [0.5, 0.6) is 0 Å². The van der Waals surface area contributed by atoms with Gasteiger partial charge in [0.15, 0.2) is 6.49 Å². The lowest BCUT2D eigenvalue weighted by molar-refractivity contribution is 0.229. The molecule has 0 aliphatic carbocycles. The molecule has 0 rings (SSSR count). The average Bonchev–Trinajstić information content (AvgIpc) is 1.78. The molecule has 4 N–H and O–H groups in total. The SMILES string of the molecule is CCP(O)(=S)OP(=O)(O)OP(=O)(O)O. The summed E-state index contributed by atoms with van der Waals surface area (Å²) in [6.45, 7) is -2.14. The van der Waals surface area contributed by atoms with E-state index >= 15 is 0 Å². The Balaban J connectivity index is 4.60. The summed E-state index contributed by atoms with van der Waals surface area (Å²) in [5, 5.41) is 0. The first-order chi connectivity index (χ1) is 5.97. The predicted molar refractivity (Wildman–Crippen MR) is 51.1 cm³/mol. The molecule has 14 heavy (non-hydrogen) atoms. The lowest BCUT2D eigenvalue weighted by Crippen LogP contribution is -1.93. The fraction of sp³-hybridized carbons (Fsp3) is 1.00. The van der Waals surface area contributed by atoms with Gasteiger partial charge in [0.25, 0.3) is 0 Å². The Morgan fingerprint density at radius 2 is 1.57 bits per heavy atom. The zero-order chi connectivity index (χ0) is 11.6. The number of hydrogen-bond acceptors (Lipinski definition) is 5. The molecular weight excluding hydrogens is 277 g/mol. The Kier molecular flexibility index (Phi) is 5.10. The molecule has 0 aromatic heterocycles. The van der Waals surface area contributed by atoms with Gasteiger partial charge in [-0.05, 0) is 11.8 Å². The van der Waals surface area contributed by atoms with Gasteiger partial charge in [0.1, 0.15) is 0 Å². The third-order valence-corrected chi connectivity index (χ3v) is 6.54. The van der Waals surface area contributed by atoms with Crippen molar-refractivity contribution >= 4 is 33.9 Å². The Labute approximate surface area is 84.9 Å². The van der Waals surface area contributed by atoms with Crippen LogP contribution >= 0.6 is 22.1 Å². The van der Waals surface area contributed by atoms with Crippen molar-refractivity contribution < 1.29 is 37.3 Å². The van der Waals surface area contributed by atoms with Crippen LogP contribution in [0.25, 0.3) is 0 Å². The monoisotopic (exact) mass is 286 g/mol. The Hall–Kier alpha value is 0.870. The number of hydrogen-bond donors (Lipinski definition) is 4. The molecule has 8 nitrogen and oxygen atoms in total. The van der Waals surface area contributed by atoms with E-state index in [0.717, 1.165) is 0 Å². The highest BCUT2D eigenvalue weighted by atomic mass is 32.5. The summed E-state index contributed by atoms with van der Waals surface area (Å²) in [6, 6.07) is 0. The van der Waals surface area contributed by atoms with Crippen molar-refractivity contribution in [2.75, 3.05) is 6.16 Å². The highest BCUT2D eigenvalue weighted by molar-refractivity contribution is 8.10. The summed E-state index contributed by atoms with van der Waals surface area (Å²) >= 11 is 4.36. The first-order valence-electron chi connectivity index (χ1n) is 3.10. The van der Waals surface area contributed by atoms with Crippen LogP contribution < -0.4 is 0 Å². The van der Waals surface area contributed by atoms with Crippen LogP contribution in [0.3, 0.4) is 0 Å². The van der Waals surface area contributed by atoms with E-state index in [4.69, 9.17) is 19.6 Å². The number of rotatable bonds is 5. The fourth-order valence-electron chi connectivity index (χ4n) is 0.368. The fourth-order valence-corrected chi connectivity index (χ4v) is 4.34. The van der Waals surface area contributed by atoms with E-state index in [-0.39, 0.29) is 6.16 Å². The number of phosphoric acid groups is 2. The van der Waals surface area contributed by atoms with Gasteiger partial charge in [0.2, 0.25) is 0 Å². The van der Waals surface area contributed by atoms with Crippen molar-refractivity contribution in [2.45, 2.75) is 6.92 Å². The van der Waals surface area contributed by atoms with Crippen molar-refractivity contribution in [3.8, 4) is 0 Å². The van der Waals surface area contributed by atoms with Crippen LogP contribution in [0.4, 0.5) is 0 Å². The minimum atomic E-state index is -5.16. The topological polar surface area (TPSA) is 134 Å². The van der Waals surface area contributed by atoms with E-state index < -0.39 is 22.1 Å². The van der Waals surface area contributed by atoms with Gasteiger partial charge in [-0.2, -0.15) is 4.31 Å². The van der Waals surface area contributed by atoms with E-state index in [0.29, 0.717) is 0 Å². The molecule has 0 aliphatic rings. The van der Waals surface area contributed by atoms with E-state index in [1.807, 2.05) is 0 Å². The lowest BCUT2D eigenvalue weighted by atomic mass is 11.0. The smallest absolute Gasteiger partial charge is 0.345 e. The third kappa shape index (κ3) is 7.20. The highest BCUT2D eigenvalue weighted by Crippen LogP contribution is 2.65. The normalized spacial score (nSPS) is 21.2. The van der Waals surface area contributed by atoms with Crippen LogP contribution in [-0.2, 0) is 29.6 Å². The molecule has 12 heteroatoms. The molecule has 86 valence electrons. The van der Waals surface area contributed by atoms with Crippen LogP contribution in [0.2, 0.25) is 0 Å². The van der Waals surface area contributed by atoms with Crippen LogP contribution in [0.15, 0.2) is 0 Å². The molecule has 0 spiro atoms. The van der Waals surface area contributed by atoms with Gasteiger partial charge in [-0.1, -0.05) is 6.92 Å². The second-order valence-corrected chi connectivity index (χ2v) is 8.92. The molecule has 0 saturated heterocycles. The Morgan fingerprint density at radius 1 is 1.14 bits per heavy atom. The highest BCUT2D eigenvalue weighted by Gasteiger charge is 2.36. The maximum absolute atomic E-state index is 10.8. The maximum Gasteiger partial charge on any atom is 0.486 e. The summed E-state index contributed by atoms with van der Waals surface area (Å²) in [5.41, 5.74) is 0. The lowest BCUT2D eigenvalue weighted by Gasteiger charge is -2.17. The molecule has 0 saturated carbocycles. The van der Waals surface area contributed by atoms with E-state index in [1.165, 1.54) is 6.92 Å². The first kappa shape index (κ1) is 14.9. The summed E-state index contributed by atoms with van der Waals surface area (Å²) in [6.07, 6.45) is -0.128. The van der Waals surface area contributed by atoms with Crippen LogP contribution in [0, 0.1) is 0 Å². The third-order valence-electron chi connectivity index (χ3n) is 0.840. The van der Waals surface area contributed by atoms with Crippen molar-refractivity contribution in [3.63, 3.8) is 0 Å². The average molecular weight is 286 g/mol. The van der Waals surface area contributed by atoms with Gasteiger partial charge in [0.05, 0.1) is 0 Å². The van der Waals surface area contributed by atoms with Crippen LogP contribution in [0.1, 0.15) is 6.92 Å². The molecular formula is C2H9O8P3S. The minimum Gasteiger partial charge on any atom is -0.345 e. The first-order valence-corrected chi connectivity index (χ1v) is 8.99. The Morgan fingerprint density at radius 3 is 1.86 bits per heavy atom. The standard InChI is InChI=1S/C2H9O8P3S/c1-2-11(3,14)9-13(7,8)10-12(4,5)6/h2H2,1H3,(H,3,14)(H,7,8)(H2,4,5,6). The summed E-state index contributed by atoms with van der Waals surface area (Å²) in [4.78, 5) is 34.2. The maximum atomic E-state index is 10.8. The second kappa shape index (κ2) is 4.80. The quantitative estimate of drug-likeness (QED) is 0.534. The molecule has 2 atom stereocenters. The zero-order valence-electron chi connectivity index (χ0n) is 6.88. The zero-order valence-corrected chi connectivity index (χ0v) is 10.4. The van der Waals surface area contributed by atoms with Crippen molar-refractivity contribution in [3.05, 3.63) is 0 Å². The van der Waals surface area contributed by atoms with Gasteiger partial charge in [0, 0.05) is 6.16 Å². The van der Waals surface area contributed by atoms with Crippen molar-refractivity contribution in [2.24, 2.45) is 0 Å². The van der Waals surface area contributed by atoms with Gasteiger partial charge in [-0.15, -0.1) is 0 Å². The van der Waals surface area contributed by atoms with Gasteiger partial charge < -0.3 is 19.6 Å². The van der Waals surface area contributed by atoms with Gasteiger partial charge in [-0.25, -0.2) is 13.4 Å². The largest absolute Gasteiger partial charge is 0.486 e. The molecule has 0 fully saturated rings. The molecule has 0 amide bonds. The van der Waals surface area contributed by atoms with Gasteiger partial charge >= 0.3 is 15.6 Å². The van der Waals surface area contributed by atoms with Crippen molar-refractivity contribution in [1.82, 2.24) is 0 Å². The summed E-state index contributed by atoms with van der Waals surface area (Å²) in [5.74, 6) is 0. The molecule has 0 heterocycles. The Bertz CT molecular complexity index is 331. The van der Waals surface area contributed by atoms with Crippen LogP contribution in [-0.4, -0.2) is 25.7 Å². The van der Waals surface area contributed by atoms with E-state index in [2.05, 4.69) is 20.4 Å². The minimum absolute atomic E-state index is 0.128. The molecule has 2 unspecified atom stereocenters.